The molecule has 0 atom stereocenters. The van der Waals surface area contributed by atoms with E-state index in [-0.39, 0.29) is 5.91 Å². The topological polar surface area (TPSA) is 48.5 Å². The minimum Gasteiger partial charge on any atom is -0.370 e. The Bertz CT molecular complexity index is 692. The third kappa shape index (κ3) is 3.62. The minimum absolute atomic E-state index is 0.00845. The smallest absolute Gasteiger partial charge is 0.238 e. The van der Waals surface area contributed by atoms with Crippen molar-refractivity contribution < 1.29 is 4.79 Å². The molecule has 1 fully saturated rings. The maximum atomic E-state index is 12.1. The summed E-state index contributed by atoms with van der Waals surface area (Å²) in [7, 11) is 3.78. The monoisotopic (exact) mass is 312 g/mol. The van der Waals surface area contributed by atoms with E-state index >= 15 is 0 Å². The zero-order valence-electron chi connectivity index (χ0n) is 13.9. The molecule has 5 nitrogen and oxygen atoms in total. The number of aromatic nitrogens is 1. The zero-order chi connectivity index (χ0) is 16.2. The first-order valence-electron chi connectivity index (χ1n) is 8.22. The molecule has 122 valence electrons. The summed E-state index contributed by atoms with van der Waals surface area (Å²) >= 11 is 0. The molecule has 0 bridgehead atoms. The van der Waals surface area contributed by atoms with E-state index in [1.54, 1.807) is 0 Å². The van der Waals surface area contributed by atoms with Crippen LogP contribution in [0.15, 0.2) is 30.5 Å². The number of hydrogen-bond acceptors (Lipinski definition) is 4. The van der Waals surface area contributed by atoms with Crippen molar-refractivity contribution in [1.82, 2.24) is 9.88 Å². The molecular formula is C18H24N4O. The number of benzene rings is 1. The fourth-order valence-electron chi connectivity index (χ4n) is 3.13. The number of anilines is 2. The van der Waals surface area contributed by atoms with Crippen LogP contribution in [0.4, 0.5) is 11.4 Å². The Balaban J connectivity index is 1.94. The second-order valence-corrected chi connectivity index (χ2v) is 6.37. The van der Waals surface area contributed by atoms with Crippen LogP contribution < -0.4 is 10.2 Å². The maximum Gasteiger partial charge on any atom is 0.238 e. The predicted molar refractivity (Wildman–Crippen MR) is 95.0 cm³/mol. The molecule has 1 aromatic carbocycles. The molecule has 3 rings (SSSR count). The Labute approximate surface area is 137 Å². The fraction of sp³-hybridized carbons (Fsp3) is 0.444. The van der Waals surface area contributed by atoms with Crippen LogP contribution in [-0.4, -0.2) is 49.5 Å². The van der Waals surface area contributed by atoms with Crippen molar-refractivity contribution >= 4 is 28.2 Å². The molecule has 23 heavy (non-hydrogen) atoms. The Morgan fingerprint density at radius 2 is 2.00 bits per heavy atom. The van der Waals surface area contributed by atoms with Gasteiger partial charge in [-0.3, -0.25) is 9.78 Å². The molecule has 0 aliphatic carbocycles. The van der Waals surface area contributed by atoms with E-state index in [2.05, 4.69) is 21.3 Å². The zero-order valence-corrected chi connectivity index (χ0v) is 13.9. The summed E-state index contributed by atoms with van der Waals surface area (Å²) in [4.78, 5) is 20.9. The van der Waals surface area contributed by atoms with Crippen molar-refractivity contribution in [2.45, 2.75) is 19.3 Å². The molecule has 5 heteroatoms. The van der Waals surface area contributed by atoms with Gasteiger partial charge in [-0.05, 0) is 57.6 Å². The summed E-state index contributed by atoms with van der Waals surface area (Å²) in [6.45, 7) is 2.53. The van der Waals surface area contributed by atoms with Gasteiger partial charge in [0.1, 0.15) is 0 Å². The summed E-state index contributed by atoms with van der Waals surface area (Å²) in [5.41, 5.74) is 2.98. The van der Waals surface area contributed by atoms with Crippen LogP contribution in [0.5, 0.6) is 0 Å². The molecule has 2 heterocycles. The lowest BCUT2D eigenvalue weighted by Gasteiger charge is -2.29. The molecule has 1 amide bonds. The minimum atomic E-state index is -0.00845. The lowest BCUT2D eigenvalue weighted by atomic mass is 10.1. The Morgan fingerprint density at radius 3 is 2.74 bits per heavy atom. The van der Waals surface area contributed by atoms with Gasteiger partial charge in [-0.25, -0.2) is 0 Å². The van der Waals surface area contributed by atoms with E-state index in [0.29, 0.717) is 6.54 Å². The number of rotatable bonds is 4. The van der Waals surface area contributed by atoms with Gasteiger partial charge in [0.2, 0.25) is 5.91 Å². The van der Waals surface area contributed by atoms with Crippen molar-refractivity contribution in [1.29, 1.82) is 0 Å². The van der Waals surface area contributed by atoms with Crippen LogP contribution in [0.1, 0.15) is 19.3 Å². The van der Waals surface area contributed by atoms with Crippen molar-refractivity contribution in [2.75, 3.05) is 43.9 Å². The van der Waals surface area contributed by atoms with Crippen LogP contribution >= 0.6 is 0 Å². The number of likely N-dealkylation sites (N-methyl/N-ethyl adjacent to an activating group) is 1. The van der Waals surface area contributed by atoms with Gasteiger partial charge in [0.25, 0.3) is 0 Å². The Kier molecular flexibility index (Phi) is 4.76. The van der Waals surface area contributed by atoms with Crippen LogP contribution in [0.2, 0.25) is 0 Å². The lowest BCUT2D eigenvalue weighted by Crippen LogP contribution is -2.30. The molecule has 1 aromatic heterocycles. The van der Waals surface area contributed by atoms with Gasteiger partial charge >= 0.3 is 0 Å². The SMILES string of the molecule is CN(C)CC(=O)Nc1ccc(N2CCCCC2)c2ncccc12. The van der Waals surface area contributed by atoms with E-state index in [9.17, 15) is 4.79 Å². The highest BCUT2D eigenvalue weighted by Gasteiger charge is 2.16. The molecule has 1 N–H and O–H groups in total. The van der Waals surface area contributed by atoms with Crippen LogP contribution in [0.25, 0.3) is 10.9 Å². The van der Waals surface area contributed by atoms with E-state index in [1.165, 1.54) is 24.9 Å². The third-order valence-corrected chi connectivity index (χ3v) is 4.18. The molecule has 0 spiro atoms. The number of hydrogen-bond donors (Lipinski definition) is 1. The van der Waals surface area contributed by atoms with E-state index in [4.69, 9.17) is 0 Å². The highest BCUT2D eigenvalue weighted by atomic mass is 16.2. The summed E-state index contributed by atoms with van der Waals surface area (Å²) in [6, 6.07) is 8.04. The number of amides is 1. The number of fused-ring (bicyclic) bond motifs is 1. The average Bonchev–Trinajstić information content (AvgIpc) is 2.55. The number of nitrogens with zero attached hydrogens (tertiary/aromatic N) is 3. The van der Waals surface area contributed by atoms with Gasteiger partial charge in [0.15, 0.2) is 0 Å². The van der Waals surface area contributed by atoms with Crippen LogP contribution in [0, 0.1) is 0 Å². The molecule has 0 radical (unpaired) electrons. The second-order valence-electron chi connectivity index (χ2n) is 6.37. The third-order valence-electron chi connectivity index (χ3n) is 4.18. The second kappa shape index (κ2) is 6.96. The van der Waals surface area contributed by atoms with Crippen molar-refractivity contribution in [3.63, 3.8) is 0 Å². The number of carbonyl (C=O) groups excluding carboxylic acids is 1. The highest BCUT2D eigenvalue weighted by molar-refractivity contribution is 6.05. The van der Waals surface area contributed by atoms with Crippen molar-refractivity contribution in [3.8, 4) is 0 Å². The van der Waals surface area contributed by atoms with Crippen LogP contribution in [-0.2, 0) is 4.79 Å². The fourth-order valence-corrected chi connectivity index (χ4v) is 3.13. The Morgan fingerprint density at radius 1 is 1.22 bits per heavy atom. The molecule has 1 saturated heterocycles. The standard InChI is InChI=1S/C18H24N4O/c1-21(2)13-17(23)20-15-8-9-16(22-11-4-3-5-12-22)18-14(15)7-6-10-19-18/h6-10H,3-5,11-13H2,1-2H3,(H,20,23). The predicted octanol–water partition coefficient (Wildman–Crippen LogP) is 2.73. The molecule has 0 unspecified atom stereocenters. The largest absolute Gasteiger partial charge is 0.370 e. The van der Waals surface area contributed by atoms with Crippen molar-refractivity contribution in [2.24, 2.45) is 0 Å². The number of piperidine rings is 1. The molecule has 1 aliphatic rings. The van der Waals surface area contributed by atoms with Gasteiger partial charge in [-0.15, -0.1) is 0 Å². The number of pyridine rings is 1. The van der Waals surface area contributed by atoms with Gasteiger partial charge in [0.05, 0.1) is 23.4 Å². The molecule has 1 aliphatic heterocycles. The number of nitrogens with one attached hydrogen (secondary N) is 1. The van der Waals surface area contributed by atoms with E-state index in [1.807, 2.05) is 43.4 Å². The Hall–Kier alpha value is -2.14. The molecular weight excluding hydrogens is 288 g/mol. The summed E-state index contributed by atoms with van der Waals surface area (Å²) < 4.78 is 0. The quantitative estimate of drug-likeness (QED) is 0.943. The van der Waals surface area contributed by atoms with Gasteiger partial charge in [-0.1, -0.05) is 0 Å². The first kappa shape index (κ1) is 15.7. The van der Waals surface area contributed by atoms with Crippen LogP contribution in [0.3, 0.4) is 0 Å². The van der Waals surface area contributed by atoms with Crippen molar-refractivity contribution in [3.05, 3.63) is 30.5 Å². The maximum absolute atomic E-state index is 12.1. The summed E-state index contributed by atoms with van der Waals surface area (Å²) in [6.07, 6.45) is 5.59. The van der Waals surface area contributed by atoms with E-state index < -0.39 is 0 Å². The number of carbonyl (C=O) groups is 1. The van der Waals surface area contributed by atoms with E-state index in [0.717, 1.165) is 29.7 Å². The highest BCUT2D eigenvalue weighted by Crippen LogP contribution is 2.32. The first-order chi connectivity index (χ1) is 11.1. The molecule has 0 saturated carbocycles. The average molecular weight is 312 g/mol. The van der Waals surface area contributed by atoms with Gasteiger partial charge in [-0.2, -0.15) is 0 Å². The molecule has 2 aromatic rings. The van der Waals surface area contributed by atoms with Gasteiger partial charge in [0, 0.05) is 24.7 Å². The normalized spacial score (nSPS) is 15.2. The summed E-state index contributed by atoms with van der Waals surface area (Å²) in [5.74, 6) is -0.00845. The van der Waals surface area contributed by atoms with Gasteiger partial charge < -0.3 is 15.1 Å². The first-order valence-corrected chi connectivity index (χ1v) is 8.22. The lowest BCUT2D eigenvalue weighted by molar-refractivity contribution is -0.116. The summed E-state index contributed by atoms with van der Waals surface area (Å²) in [5, 5.41) is 4.01.